The molecule has 0 unspecified atom stereocenters. The van der Waals surface area contributed by atoms with Crippen LogP contribution in [0.1, 0.15) is 12.8 Å². The number of aromatic nitrogens is 1. The highest BCUT2D eigenvalue weighted by Gasteiger charge is 2.12. The molecule has 0 atom stereocenters. The number of unbranched alkanes of at least 4 members (excludes halogenated alkanes) is 1. The van der Waals surface area contributed by atoms with Crippen molar-refractivity contribution in [3.8, 4) is 11.5 Å². The molecule has 0 N–H and O–H groups in total. The zero-order valence-corrected chi connectivity index (χ0v) is 13.9. The van der Waals surface area contributed by atoms with Crippen LogP contribution in [0.4, 0.5) is 0 Å². The average molecular weight is 333 g/mol. The molecule has 4 heteroatoms. The van der Waals surface area contributed by atoms with Gasteiger partial charge in [-0.05, 0) is 43.2 Å². The summed E-state index contributed by atoms with van der Waals surface area (Å²) >= 11 is 0. The third-order valence-electron chi connectivity index (χ3n) is 4.06. The van der Waals surface area contributed by atoms with E-state index in [1.165, 1.54) is 0 Å². The molecule has 0 amide bonds. The summed E-state index contributed by atoms with van der Waals surface area (Å²) in [5.74, 6) is 1.75. The van der Waals surface area contributed by atoms with Gasteiger partial charge in [0.15, 0.2) is 0 Å². The number of furan rings is 1. The molecule has 2 aromatic heterocycles. The van der Waals surface area contributed by atoms with Gasteiger partial charge in [-0.1, -0.05) is 30.3 Å². The molecule has 0 saturated heterocycles. The molecular formula is C21H19NO3. The van der Waals surface area contributed by atoms with Crippen LogP contribution in [0.15, 0.2) is 71.3 Å². The highest BCUT2D eigenvalue weighted by molar-refractivity contribution is 5.99. The second kappa shape index (κ2) is 7.26. The topological polar surface area (TPSA) is 44.5 Å². The lowest BCUT2D eigenvalue weighted by molar-refractivity contribution is 0.269. The predicted molar refractivity (Wildman–Crippen MR) is 98.2 cm³/mol. The Bertz CT molecular complexity index is 963. The van der Waals surface area contributed by atoms with Crippen molar-refractivity contribution < 1.29 is 13.9 Å². The minimum atomic E-state index is 0.612. The van der Waals surface area contributed by atoms with E-state index >= 15 is 0 Å². The molecule has 0 fully saturated rings. The van der Waals surface area contributed by atoms with Crippen LogP contribution >= 0.6 is 0 Å². The quantitative estimate of drug-likeness (QED) is 0.435. The molecule has 0 aliphatic rings. The first-order valence-corrected chi connectivity index (χ1v) is 8.48. The summed E-state index contributed by atoms with van der Waals surface area (Å²) in [6, 6.07) is 19.7. The lowest BCUT2D eigenvalue weighted by atomic mass is 10.1. The molecule has 25 heavy (non-hydrogen) atoms. The molecule has 0 spiro atoms. The van der Waals surface area contributed by atoms with E-state index in [2.05, 4.69) is 4.98 Å². The first-order chi connectivity index (χ1) is 12.4. The Morgan fingerprint density at radius 1 is 0.760 bits per heavy atom. The van der Waals surface area contributed by atoms with Gasteiger partial charge in [-0.25, -0.2) is 4.98 Å². The Labute approximate surface area is 146 Å². The van der Waals surface area contributed by atoms with Gasteiger partial charge < -0.3 is 13.9 Å². The highest BCUT2D eigenvalue weighted by atomic mass is 16.5. The van der Waals surface area contributed by atoms with Crippen LogP contribution in [-0.2, 0) is 0 Å². The summed E-state index contributed by atoms with van der Waals surface area (Å²) in [5, 5.41) is 1.93. The molecule has 2 heterocycles. The SMILES string of the molecule is c1ccc(OCCCCOc2c3ccccc3nc3occc23)cc1. The molecule has 0 aliphatic carbocycles. The lowest BCUT2D eigenvalue weighted by Gasteiger charge is -2.10. The van der Waals surface area contributed by atoms with Crippen molar-refractivity contribution in [1.82, 2.24) is 4.98 Å². The van der Waals surface area contributed by atoms with Crippen LogP contribution < -0.4 is 9.47 Å². The average Bonchev–Trinajstić information content (AvgIpc) is 3.13. The number of benzene rings is 2. The van der Waals surface area contributed by atoms with Gasteiger partial charge in [0, 0.05) is 5.39 Å². The van der Waals surface area contributed by atoms with Crippen molar-refractivity contribution in [3.63, 3.8) is 0 Å². The highest BCUT2D eigenvalue weighted by Crippen LogP contribution is 2.33. The number of pyridine rings is 1. The lowest BCUT2D eigenvalue weighted by Crippen LogP contribution is -2.03. The van der Waals surface area contributed by atoms with Crippen molar-refractivity contribution in [3.05, 3.63) is 66.9 Å². The van der Waals surface area contributed by atoms with E-state index < -0.39 is 0 Å². The maximum absolute atomic E-state index is 6.09. The van der Waals surface area contributed by atoms with Gasteiger partial charge in [0.2, 0.25) is 5.71 Å². The van der Waals surface area contributed by atoms with Gasteiger partial charge in [-0.15, -0.1) is 0 Å². The molecule has 0 saturated carbocycles. The van der Waals surface area contributed by atoms with Gasteiger partial charge in [0.25, 0.3) is 0 Å². The Morgan fingerprint density at radius 3 is 2.40 bits per heavy atom. The minimum Gasteiger partial charge on any atom is -0.494 e. The van der Waals surface area contributed by atoms with Gasteiger partial charge in [-0.2, -0.15) is 0 Å². The number of para-hydroxylation sites is 2. The molecule has 4 nitrogen and oxygen atoms in total. The first-order valence-electron chi connectivity index (χ1n) is 8.48. The van der Waals surface area contributed by atoms with Crippen LogP contribution in [-0.4, -0.2) is 18.2 Å². The molecule has 0 aliphatic heterocycles. The molecule has 4 aromatic rings. The largest absolute Gasteiger partial charge is 0.494 e. The van der Waals surface area contributed by atoms with E-state index in [0.29, 0.717) is 18.9 Å². The third-order valence-corrected chi connectivity index (χ3v) is 4.06. The van der Waals surface area contributed by atoms with Gasteiger partial charge in [0.05, 0.1) is 30.4 Å². The fourth-order valence-electron chi connectivity index (χ4n) is 2.82. The predicted octanol–water partition coefficient (Wildman–Crippen LogP) is 5.22. The molecular weight excluding hydrogens is 314 g/mol. The summed E-state index contributed by atoms with van der Waals surface area (Å²) in [7, 11) is 0. The maximum Gasteiger partial charge on any atom is 0.230 e. The zero-order chi connectivity index (χ0) is 16.9. The fourth-order valence-corrected chi connectivity index (χ4v) is 2.82. The van der Waals surface area contributed by atoms with E-state index in [4.69, 9.17) is 13.9 Å². The summed E-state index contributed by atoms with van der Waals surface area (Å²) in [4.78, 5) is 4.52. The van der Waals surface area contributed by atoms with Crippen molar-refractivity contribution >= 4 is 22.0 Å². The molecule has 0 bridgehead atoms. The minimum absolute atomic E-state index is 0.612. The molecule has 4 rings (SSSR count). The summed E-state index contributed by atoms with van der Waals surface area (Å²) in [6.07, 6.45) is 3.51. The number of hydrogen-bond acceptors (Lipinski definition) is 4. The van der Waals surface area contributed by atoms with Crippen molar-refractivity contribution in [2.75, 3.05) is 13.2 Å². The van der Waals surface area contributed by atoms with E-state index in [0.717, 1.165) is 40.6 Å². The molecule has 2 aromatic carbocycles. The Kier molecular flexibility index (Phi) is 4.51. The normalized spacial score (nSPS) is 11.0. The molecule has 126 valence electrons. The number of ether oxygens (including phenoxy) is 2. The van der Waals surface area contributed by atoms with Crippen LogP contribution in [0.2, 0.25) is 0 Å². The fraction of sp³-hybridized carbons (Fsp3) is 0.190. The van der Waals surface area contributed by atoms with Gasteiger partial charge in [-0.3, -0.25) is 0 Å². The number of nitrogens with zero attached hydrogens (tertiary/aromatic N) is 1. The van der Waals surface area contributed by atoms with Crippen molar-refractivity contribution in [2.45, 2.75) is 12.8 Å². The smallest absolute Gasteiger partial charge is 0.230 e. The van der Waals surface area contributed by atoms with Crippen LogP contribution in [0.3, 0.4) is 0 Å². The Morgan fingerprint density at radius 2 is 1.52 bits per heavy atom. The summed E-state index contributed by atoms with van der Waals surface area (Å²) < 4.78 is 17.2. The zero-order valence-electron chi connectivity index (χ0n) is 13.9. The number of fused-ring (bicyclic) bond motifs is 2. The van der Waals surface area contributed by atoms with E-state index in [1.54, 1.807) is 6.26 Å². The third kappa shape index (κ3) is 3.43. The number of rotatable bonds is 7. The summed E-state index contributed by atoms with van der Waals surface area (Å²) in [5.41, 5.74) is 1.49. The Hall–Kier alpha value is -3.01. The van der Waals surface area contributed by atoms with Gasteiger partial charge >= 0.3 is 0 Å². The van der Waals surface area contributed by atoms with E-state index in [-0.39, 0.29) is 0 Å². The first kappa shape index (κ1) is 15.5. The second-order valence-electron chi connectivity index (χ2n) is 5.81. The number of hydrogen-bond donors (Lipinski definition) is 0. The van der Waals surface area contributed by atoms with Crippen molar-refractivity contribution in [1.29, 1.82) is 0 Å². The van der Waals surface area contributed by atoms with Crippen LogP contribution in [0.5, 0.6) is 11.5 Å². The van der Waals surface area contributed by atoms with E-state index in [9.17, 15) is 0 Å². The summed E-state index contributed by atoms with van der Waals surface area (Å²) in [6.45, 7) is 1.32. The Balaban J connectivity index is 1.38. The maximum atomic E-state index is 6.09. The monoisotopic (exact) mass is 333 g/mol. The van der Waals surface area contributed by atoms with Crippen LogP contribution in [0.25, 0.3) is 22.0 Å². The second-order valence-corrected chi connectivity index (χ2v) is 5.81. The standard InChI is InChI=1S/C21H19NO3/c1-2-8-16(9-3-1)23-13-6-7-14-24-20-17-10-4-5-11-19(17)22-21-18(20)12-15-25-21/h1-5,8-12,15H,6-7,13-14H2. The van der Waals surface area contributed by atoms with Gasteiger partial charge in [0.1, 0.15) is 11.5 Å². The van der Waals surface area contributed by atoms with Crippen LogP contribution in [0, 0.1) is 0 Å². The molecule has 0 radical (unpaired) electrons. The van der Waals surface area contributed by atoms with E-state index in [1.807, 2.05) is 60.7 Å². The van der Waals surface area contributed by atoms with Crippen molar-refractivity contribution in [2.24, 2.45) is 0 Å².